The minimum absolute atomic E-state index is 0.0807. The molecule has 0 saturated carbocycles. The first-order valence-electron chi connectivity index (χ1n) is 6.55. The van der Waals surface area contributed by atoms with E-state index in [1.54, 1.807) is 20.3 Å². The van der Waals surface area contributed by atoms with Gasteiger partial charge in [-0.3, -0.25) is 9.69 Å². The number of hydrogen-bond acceptors (Lipinski definition) is 5. The Balaban J connectivity index is 2.51. The van der Waals surface area contributed by atoms with Gasteiger partial charge in [-0.05, 0) is 12.1 Å². The number of hydrogen-bond donors (Lipinski definition) is 2. The van der Waals surface area contributed by atoms with Gasteiger partial charge in [0.1, 0.15) is 5.75 Å². The second kappa shape index (κ2) is 9.30. The number of carbonyl (C=O) groups is 1. The van der Waals surface area contributed by atoms with Gasteiger partial charge in [-0.1, -0.05) is 6.07 Å². The molecular formula is C14H23N3O3. The minimum Gasteiger partial charge on any atom is -0.497 e. The van der Waals surface area contributed by atoms with E-state index in [1.807, 2.05) is 23.1 Å². The van der Waals surface area contributed by atoms with Crippen molar-refractivity contribution in [2.45, 2.75) is 0 Å². The summed E-state index contributed by atoms with van der Waals surface area (Å²) in [6, 6.07) is 7.26. The van der Waals surface area contributed by atoms with Gasteiger partial charge in [-0.15, -0.1) is 0 Å². The molecule has 0 fully saturated rings. The summed E-state index contributed by atoms with van der Waals surface area (Å²) in [5, 5.41) is 2.84. The first kappa shape index (κ1) is 16.4. The van der Waals surface area contributed by atoms with Gasteiger partial charge in [0, 0.05) is 38.5 Å². The van der Waals surface area contributed by atoms with Crippen molar-refractivity contribution in [1.82, 2.24) is 4.90 Å². The summed E-state index contributed by atoms with van der Waals surface area (Å²) in [6.07, 6.45) is 0. The highest BCUT2D eigenvalue weighted by Crippen LogP contribution is 2.16. The number of ether oxygens (including phenoxy) is 2. The Bertz CT molecular complexity index is 412. The average Bonchev–Trinajstić information content (AvgIpc) is 2.45. The normalized spacial score (nSPS) is 10.6. The third-order valence-corrected chi connectivity index (χ3v) is 2.78. The molecular weight excluding hydrogens is 258 g/mol. The molecule has 6 nitrogen and oxygen atoms in total. The maximum atomic E-state index is 12.0. The Morgan fingerprint density at radius 3 is 2.80 bits per heavy atom. The molecule has 1 aromatic carbocycles. The zero-order valence-electron chi connectivity index (χ0n) is 12.1. The molecule has 0 unspecified atom stereocenters. The zero-order chi connectivity index (χ0) is 14.8. The topological polar surface area (TPSA) is 76.8 Å². The Kier molecular flexibility index (Phi) is 7.64. The maximum absolute atomic E-state index is 12.0. The van der Waals surface area contributed by atoms with Crippen molar-refractivity contribution in [3.05, 3.63) is 24.3 Å². The molecule has 0 atom stereocenters. The van der Waals surface area contributed by atoms with Crippen LogP contribution in [0, 0.1) is 0 Å². The molecule has 0 radical (unpaired) electrons. The van der Waals surface area contributed by atoms with Crippen molar-refractivity contribution in [1.29, 1.82) is 0 Å². The number of nitrogens with zero attached hydrogens (tertiary/aromatic N) is 1. The monoisotopic (exact) mass is 281 g/mol. The first-order valence-corrected chi connectivity index (χ1v) is 6.55. The quantitative estimate of drug-likeness (QED) is 0.691. The van der Waals surface area contributed by atoms with Crippen LogP contribution in [0.25, 0.3) is 0 Å². The van der Waals surface area contributed by atoms with E-state index < -0.39 is 0 Å². The molecule has 3 N–H and O–H groups in total. The predicted molar refractivity (Wildman–Crippen MR) is 79.0 cm³/mol. The molecule has 0 bridgehead atoms. The molecule has 0 spiro atoms. The third-order valence-electron chi connectivity index (χ3n) is 2.78. The van der Waals surface area contributed by atoms with Crippen molar-refractivity contribution in [3.8, 4) is 5.75 Å². The molecule has 0 aromatic heterocycles. The van der Waals surface area contributed by atoms with Crippen molar-refractivity contribution < 1.29 is 14.3 Å². The molecule has 0 saturated heterocycles. The third kappa shape index (κ3) is 6.01. The summed E-state index contributed by atoms with van der Waals surface area (Å²) < 4.78 is 10.1. The van der Waals surface area contributed by atoms with Gasteiger partial charge < -0.3 is 20.5 Å². The van der Waals surface area contributed by atoms with E-state index in [1.165, 1.54) is 0 Å². The standard InChI is InChI=1S/C14H23N3O3/c1-19-9-8-17(7-6-15)11-14(18)16-12-4-3-5-13(10-12)20-2/h3-5,10H,6-9,11,15H2,1-2H3,(H,16,18). The largest absolute Gasteiger partial charge is 0.497 e. The summed E-state index contributed by atoms with van der Waals surface area (Å²) in [4.78, 5) is 13.9. The van der Waals surface area contributed by atoms with Crippen LogP contribution in [0.4, 0.5) is 5.69 Å². The lowest BCUT2D eigenvalue weighted by Gasteiger charge is -2.20. The number of rotatable bonds is 9. The Hall–Kier alpha value is -1.63. The number of amides is 1. The van der Waals surface area contributed by atoms with Crippen LogP contribution in [0.15, 0.2) is 24.3 Å². The lowest BCUT2D eigenvalue weighted by atomic mass is 10.3. The fourth-order valence-corrected chi connectivity index (χ4v) is 1.78. The molecule has 20 heavy (non-hydrogen) atoms. The highest BCUT2D eigenvalue weighted by atomic mass is 16.5. The van der Waals surface area contributed by atoms with Gasteiger partial charge in [-0.25, -0.2) is 0 Å². The van der Waals surface area contributed by atoms with Gasteiger partial charge in [0.25, 0.3) is 0 Å². The molecule has 1 aromatic rings. The first-order chi connectivity index (χ1) is 9.69. The van der Waals surface area contributed by atoms with E-state index in [-0.39, 0.29) is 12.5 Å². The van der Waals surface area contributed by atoms with Crippen LogP contribution in [0.1, 0.15) is 0 Å². The molecule has 0 aliphatic heterocycles. The highest BCUT2D eigenvalue weighted by molar-refractivity contribution is 5.92. The smallest absolute Gasteiger partial charge is 0.238 e. The lowest BCUT2D eigenvalue weighted by Crippen LogP contribution is -2.38. The molecule has 0 aliphatic carbocycles. The minimum atomic E-state index is -0.0807. The van der Waals surface area contributed by atoms with E-state index in [9.17, 15) is 4.79 Å². The van der Waals surface area contributed by atoms with E-state index in [0.29, 0.717) is 37.7 Å². The maximum Gasteiger partial charge on any atom is 0.238 e. The highest BCUT2D eigenvalue weighted by Gasteiger charge is 2.10. The number of nitrogens with one attached hydrogen (secondary N) is 1. The fraction of sp³-hybridized carbons (Fsp3) is 0.500. The van der Waals surface area contributed by atoms with E-state index in [0.717, 1.165) is 0 Å². The van der Waals surface area contributed by atoms with Gasteiger partial charge in [0.2, 0.25) is 5.91 Å². The van der Waals surface area contributed by atoms with Gasteiger partial charge in [0.05, 0.1) is 20.3 Å². The summed E-state index contributed by atoms with van der Waals surface area (Å²) in [7, 11) is 3.23. The van der Waals surface area contributed by atoms with Crippen molar-refractivity contribution in [2.24, 2.45) is 5.73 Å². The number of carbonyl (C=O) groups excluding carboxylic acids is 1. The molecule has 6 heteroatoms. The fourth-order valence-electron chi connectivity index (χ4n) is 1.78. The summed E-state index contributed by atoms with van der Waals surface area (Å²) in [5.41, 5.74) is 6.25. The predicted octanol–water partition coefficient (Wildman–Crippen LogP) is 0.541. The average molecular weight is 281 g/mol. The molecule has 1 rings (SSSR count). The molecule has 0 aliphatic rings. The molecule has 1 amide bonds. The molecule has 112 valence electrons. The number of benzene rings is 1. The van der Waals surface area contributed by atoms with Crippen LogP contribution in [0.3, 0.4) is 0 Å². The number of anilines is 1. The molecule has 0 heterocycles. The van der Waals surface area contributed by atoms with Crippen LogP contribution < -0.4 is 15.8 Å². The number of nitrogens with two attached hydrogens (primary N) is 1. The van der Waals surface area contributed by atoms with Crippen LogP contribution in [-0.2, 0) is 9.53 Å². The Morgan fingerprint density at radius 2 is 2.15 bits per heavy atom. The van der Waals surface area contributed by atoms with E-state index >= 15 is 0 Å². The van der Waals surface area contributed by atoms with Crippen molar-refractivity contribution in [2.75, 3.05) is 52.3 Å². The van der Waals surface area contributed by atoms with E-state index in [4.69, 9.17) is 15.2 Å². The van der Waals surface area contributed by atoms with Crippen LogP contribution >= 0.6 is 0 Å². The summed E-state index contributed by atoms with van der Waals surface area (Å²) >= 11 is 0. The van der Waals surface area contributed by atoms with Crippen molar-refractivity contribution in [3.63, 3.8) is 0 Å². The number of methoxy groups -OCH3 is 2. The Labute approximate surface area is 119 Å². The summed E-state index contributed by atoms with van der Waals surface area (Å²) in [6.45, 7) is 2.72. The zero-order valence-corrected chi connectivity index (χ0v) is 12.1. The Morgan fingerprint density at radius 1 is 1.35 bits per heavy atom. The summed E-state index contributed by atoms with van der Waals surface area (Å²) in [5.74, 6) is 0.629. The lowest BCUT2D eigenvalue weighted by molar-refractivity contribution is -0.117. The second-order valence-corrected chi connectivity index (χ2v) is 4.34. The van der Waals surface area contributed by atoms with Crippen LogP contribution in [0.5, 0.6) is 5.75 Å². The SMILES string of the molecule is COCCN(CCN)CC(=O)Nc1cccc(OC)c1. The second-order valence-electron chi connectivity index (χ2n) is 4.34. The van der Waals surface area contributed by atoms with Crippen molar-refractivity contribution >= 4 is 11.6 Å². The van der Waals surface area contributed by atoms with Gasteiger partial charge in [-0.2, -0.15) is 0 Å². The van der Waals surface area contributed by atoms with E-state index in [2.05, 4.69) is 5.32 Å². The van der Waals surface area contributed by atoms with Crippen LogP contribution in [-0.4, -0.2) is 57.8 Å². The van der Waals surface area contributed by atoms with Gasteiger partial charge in [0.15, 0.2) is 0 Å². The van der Waals surface area contributed by atoms with Gasteiger partial charge >= 0.3 is 0 Å². The van der Waals surface area contributed by atoms with Crippen LogP contribution in [0.2, 0.25) is 0 Å².